The first-order valence-electron chi connectivity index (χ1n) is 10.2. The van der Waals surface area contributed by atoms with Crippen molar-refractivity contribution in [2.45, 2.75) is 51.8 Å². The molecule has 9 nitrogen and oxygen atoms in total. The van der Waals surface area contributed by atoms with Gasteiger partial charge in [-0.2, -0.15) is 0 Å². The highest BCUT2D eigenvalue weighted by Gasteiger charge is 2.42. The summed E-state index contributed by atoms with van der Waals surface area (Å²) >= 11 is 0. The molecule has 2 N–H and O–H groups in total. The molecule has 1 spiro atoms. The Balaban J connectivity index is 1.78. The summed E-state index contributed by atoms with van der Waals surface area (Å²) in [6.45, 7) is 9.57. The monoisotopic (exact) mass is 408 g/mol. The first-order valence-corrected chi connectivity index (χ1v) is 10.2. The van der Waals surface area contributed by atoms with E-state index in [0.717, 1.165) is 25.9 Å². The molecule has 3 heterocycles. The second-order valence-corrected chi connectivity index (χ2v) is 8.49. The highest BCUT2D eigenvalue weighted by Crippen LogP contribution is 2.25. The molecule has 2 fully saturated rings. The predicted molar refractivity (Wildman–Crippen MR) is 105 cm³/mol. The Hall–Kier alpha value is -1.97. The SMILES string of the molecule is COCc1c(C(=O)NC2CN(CC(C)C)CC3(CCOCC3)NC2=O)noc1C. The molecule has 9 heteroatoms. The fourth-order valence-electron chi connectivity index (χ4n) is 4.14. The second-order valence-electron chi connectivity index (χ2n) is 8.49. The van der Waals surface area contributed by atoms with Gasteiger partial charge in [0.2, 0.25) is 5.91 Å². The standard InChI is InChI=1S/C20H32N4O5/c1-13(2)9-24-10-16(18(25)22-20(12-24)5-7-28-8-6-20)21-19(26)17-15(11-27-4)14(3)29-23-17/h13,16H,5-12H2,1-4H3,(H,21,26)(H,22,25). The maximum atomic E-state index is 13.0. The highest BCUT2D eigenvalue weighted by molar-refractivity contribution is 5.97. The largest absolute Gasteiger partial charge is 0.381 e. The maximum Gasteiger partial charge on any atom is 0.274 e. The van der Waals surface area contributed by atoms with Crippen molar-refractivity contribution in [1.82, 2.24) is 20.7 Å². The predicted octanol–water partition coefficient (Wildman–Crippen LogP) is 0.865. The number of rotatable bonds is 6. The topological polar surface area (TPSA) is 106 Å². The Labute approximate surface area is 171 Å². The fourth-order valence-corrected chi connectivity index (χ4v) is 4.14. The number of carbonyl (C=O) groups excluding carboxylic acids is 2. The van der Waals surface area contributed by atoms with Crippen molar-refractivity contribution in [1.29, 1.82) is 0 Å². The van der Waals surface area contributed by atoms with Gasteiger partial charge in [-0.3, -0.25) is 14.5 Å². The van der Waals surface area contributed by atoms with Crippen LogP contribution in [-0.2, 0) is 20.9 Å². The summed E-state index contributed by atoms with van der Waals surface area (Å²) in [6, 6.07) is -0.670. The number of hydrogen-bond donors (Lipinski definition) is 2. The maximum absolute atomic E-state index is 13.0. The van der Waals surface area contributed by atoms with Crippen molar-refractivity contribution in [2.24, 2.45) is 5.92 Å². The number of ether oxygens (including phenoxy) is 2. The second kappa shape index (κ2) is 9.23. The van der Waals surface area contributed by atoms with Gasteiger partial charge in [-0.05, 0) is 25.7 Å². The summed E-state index contributed by atoms with van der Waals surface area (Å²) in [5.74, 6) is 0.384. The quantitative estimate of drug-likeness (QED) is 0.719. The van der Waals surface area contributed by atoms with Gasteiger partial charge in [0, 0.05) is 40.0 Å². The Kier molecular flexibility index (Phi) is 6.92. The summed E-state index contributed by atoms with van der Waals surface area (Å²) in [7, 11) is 1.55. The van der Waals surface area contributed by atoms with Crippen LogP contribution in [0.1, 0.15) is 48.5 Å². The fraction of sp³-hybridized carbons (Fsp3) is 0.750. The third-order valence-corrected chi connectivity index (χ3v) is 5.54. The number of aryl methyl sites for hydroxylation is 1. The van der Waals surface area contributed by atoms with E-state index in [4.69, 9.17) is 14.0 Å². The van der Waals surface area contributed by atoms with Crippen LogP contribution in [0.25, 0.3) is 0 Å². The van der Waals surface area contributed by atoms with Crippen LogP contribution < -0.4 is 10.6 Å². The van der Waals surface area contributed by atoms with Crippen molar-refractivity contribution >= 4 is 11.8 Å². The lowest BCUT2D eigenvalue weighted by molar-refractivity contribution is -0.125. The first-order chi connectivity index (χ1) is 13.8. The van der Waals surface area contributed by atoms with Gasteiger partial charge in [-0.25, -0.2) is 0 Å². The van der Waals surface area contributed by atoms with Crippen LogP contribution >= 0.6 is 0 Å². The molecule has 162 valence electrons. The molecule has 2 aliphatic heterocycles. The van der Waals surface area contributed by atoms with E-state index in [9.17, 15) is 9.59 Å². The number of methoxy groups -OCH3 is 1. The lowest BCUT2D eigenvalue weighted by Crippen LogP contribution is -2.57. The lowest BCUT2D eigenvalue weighted by Gasteiger charge is -2.39. The van der Waals surface area contributed by atoms with Crippen molar-refractivity contribution in [3.8, 4) is 0 Å². The lowest BCUT2D eigenvalue weighted by atomic mass is 9.89. The van der Waals surface area contributed by atoms with Crippen LogP contribution in [0, 0.1) is 12.8 Å². The van der Waals surface area contributed by atoms with E-state index in [1.807, 2.05) is 0 Å². The van der Waals surface area contributed by atoms with Gasteiger partial charge >= 0.3 is 0 Å². The van der Waals surface area contributed by atoms with Crippen molar-refractivity contribution in [3.63, 3.8) is 0 Å². The molecule has 0 aromatic carbocycles. The summed E-state index contributed by atoms with van der Waals surface area (Å²) < 4.78 is 15.8. The summed E-state index contributed by atoms with van der Waals surface area (Å²) in [5.41, 5.74) is 0.451. The molecule has 1 aromatic heterocycles. The number of amides is 2. The highest BCUT2D eigenvalue weighted by atomic mass is 16.5. The third kappa shape index (κ3) is 5.15. The van der Waals surface area contributed by atoms with Crippen LogP contribution in [0.4, 0.5) is 0 Å². The normalized spacial score (nSPS) is 22.5. The molecule has 2 aliphatic rings. The number of carbonyl (C=O) groups is 2. The molecule has 3 rings (SSSR count). The van der Waals surface area contributed by atoms with Gasteiger partial charge < -0.3 is 24.6 Å². The third-order valence-electron chi connectivity index (χ3n) is 5.54. The number of aromatic nitrogens is 1. The van der Waals surface area contributed by atoms with Crippen molar-refractivity contribution in [3.05, 3.63) is 17.0 Å². The van der Waals surface area contributed by atoms with Crippen LogP contribution in [0.2, 0.25) is 0 Å². The molecule has 0 radical (unpaired) electrons. The summed E-state index contributed by atoms with van der Waals surface area (Å²) in [4.78, 5) is 28.2. The van der Waals surface area contributed by atoms with Crippen LogP contribution in [-0.4, -0.2) is 73.4 Å². The van der Waals surface area contributed by atoms with Gasteiger partial charge in [-0.15, -0.1) is 0 Å². The van der Waals surface area contributed by atoms with E-state index in [1.165, 1.54) is 0 Å². The van der Waals surface area contributed by atoms with Gasteiger partial charge in [0.25, 0.3) is 5.91 Å². The molecule has 1 atom stereocenters. The van der Waals surface area contributed by atoms with E-state index in [0.29, 0.717) is 37.0 Å². The zero-order valence-corrected chi connectivity index (χ0v) is 17.7. The molecule has 1 aromatic rings. The zero-order valence-electron chi connectivity index (χ0n) is 17.7. The van der Waals surface area contributed by atoms with E-state index in [1.54, 1.807) is 14.0 Å². The van der Waals surface area contributed by atoms with Crippen LogP contribution in [0.3, 0.4) is 0 Å². The average molecular weight is 408 g/mol. The Bertz CT molecular complexity index is 726. The zero-order chi connectivity index (χ0) is 21.0. The number of hydrogen-bond acceptors (Lipinski definition) is 7. The minimum absolute atomic E-state index is 0.164. The van der Waals surface area contributed by atoms with Gasteiger partial charge in [-0.1, -0.05) is 19.0 Å². The smallest absolute Gasteiger partial charge is 0.274 e. The number of nitrogens with zero attached hydrogens (tertiary/aromatic N) is 2. The molecular formula is C20H32N4O5. The van der Waals surface area contributed by atoms with E-state index in [-0.39, 0.29) is 23.7 Å². The van der Waals surface area contributed by atoms with Crippen LogP contribution in [0.5, 0.6) is 0 Å². The molecule has 29 heavy (non-hydrogen) atoms. The summed E-state index contributed by atoms with van der Waals surface area (Å²) in [5, 5.41) is 9.94. The average Bonchev–Trinajstić information content (AvgIpc) is 2.96. The molecule has 0 saturated carbocycles. The Morgan fingerprint density at radius 3 is 2.79 bits per heavy atom. The Morgan fingerprint density at radius 2 is 2.14 bits per heavy atom. The van der Waals surface area contributed by atoms with Gasteiger partial charge in [0.15, 0.2) is 5.69 Å². The Morgan fingerprint density at radius 1 is 1.41 bits per heavy atom. The molecule has 2 saturated heterocycles. The van der Waals surface area contributed by atoms with Crippen molar-refractivity contribution in [2.75, 3.05) is 40.0 Å². The van der Waals surface area contributed by atoms with Crippen LogP contribution in [0.15, 0.2) is 4.52 Å². The van der Waals surface area contributed by atoms with E-state index in [2.05, 4.69) is 34.5 Å². The minimum atomic E-state index is -0.670. The van der Waals surface area contributed by atoms with Gasteiger partial charge in [0.1, 0.15) is 11.8 Å². The molecule has 1 unspecified atom stereocenters. The van der Waals surface area contributed by atoms with E-state index < -0.39 is 11.9 Å². The van der Waals surface area contributed by atoms with Crippen molar-refractivity contribution < 1.29 is 23.6 Å². The first kappa shape index (κ1) is 21.7. The molecule has 0 bridgehead atoms. The molecular weight excluding hydrogens is 376 g/mol. The molecule has 0 aliphatic carbocycles. The molecule has 2 amide bonds. The van der Waals surface area contributed by atoms with E-state index >= 15 is 0 Å². The van der Waals surface area contributed by atoms with Gasteiger partial charge in [0.05, 0.1) is 17.7 Å². The summed E-state index contributed by atoms with van der Waals surface area (Å²) in [6.07, 6.45) is 1.54. The number of nitrogens with one attached hydrogen (secondary N) is 2. The minimum Gasteiger partial charge on any atom is -0.381 e.